The van der Waals surface area contributed by atoms with E-state index in [0.29, 0.717) is 6.61 Å². The van der Waals surface area contributed by atoms with Gasteiger partial charge in [0, 0.05) is 13.0 Å². The summed E-state index contributed by atoms with van der Waals surface area (Å²) >= 11 is 0. The fourth-order valence-electron chi connectivity index (χ4n) is 7.65. The van der Waals surface area contributed by atoms with Crippen LogP contribution in [0.15, 0.2) is 0 Å². The summed E-state index contributed by atoms with van der Waals surface area (Å²) in [5.74, 6) is -0.373. The first-order chi connectivity index (χ1) is 28.8. The van der Waals surface area contributed by atoms with Crippen molar-refractivity contribution in [2.24, 2.45) is 0 Å². The normalized spacial score (nSPS) is 13.8. The molecule has 59 heavy (non-hydrogen) atoms. The van der Waals surface area contributed by atoms with E-state index in [4.69, 9.17) is 23.6 Å². The lowest BCUT2D eigenvalue weighted by molar-refractivity contribution is -0.154. The van der Waals surface area contributed by atoms with E-state index in [9.17, 15) is 19.4 Å². The van der Waals surface area contributed by atoms with Crippen molar-refractivity contribution in [1.29, 1.82) is 0 Å². The summed E-state index contributed by atoms with van der Waals surface area (Å²) in [5.41, 5.74) is 0. The molecule has 0 bridgehead atoms. The summed E-state index contributed by atoms with van der Waals surface area (Å²) in [6.45, 7) is 3.61. The molecule has 3 unspecified atom stereocenters. The van der Waals surface area contributed by atoms with Crippen LogP contribution in [0, 0.1) is 0 Å². The smallest absolute Gasteiger partial charge is 0.457 e. The Kier molecular flexibility index (Phi) is 46.5. The molecule has 0 aliphatic carbocycles. The summed E-state index contributed by atoms with van der Waals surface area (Å²) in [6.07, 6.45) is 47.8. The van der Waals surface area contributed by atoms with Crippen molar-refractivity contribution < 1.29 is 43.0 Å². The number of rotatable bonds is 50. The zero-order chi connectivity index (χ0) is 43.2. The lowest BCUT2D eigenvalue weighted by atomic mass is 10.0. The van der Waals surface area contributed by atoms with Gasteiger partial charge in [-0.05, 0) is 12.8 Å². The molecular formula is C49H99O9P. The highest BCUT2D eigenvalue weighted by Gasteiger charge is 2.26. The molecule has 0 aromatic rings. The Bertz CT molecular complexity index is 892. The van der Waals surface area contributed by atoms with E-state index in [1.165, 1.54) is 212 Å². The van der Waals surface area contributed by atoms with Crippen molar-refractivity contribution in [3.05, 3.63) is 0 Å². The van der Waals surface area contributed by atoms with E-state index in [-0.39, 0.29) is 25.6 Å². The molecular weight excluding hydrogens is 764 g/mol. The molecule has 0 rings (SSSR count). The summed E-state index contributed by atoms with van der Waals surface area (Å²) < 4.78 is 33.5. The zero-order valence-electron chi connectivity index (χ0n) is 39.0. The minimum absolute atomic E-state index is 0.0587. The number of esters is 1. The molecule has 10 heteroatoms. The highest BCUT2D eigenvalue weighted by molar-refractivity contribution is 7.47. The molecule has 0 aromatic carbocycles. The molecule has 0 amide bonds. The molecule has 0 saturated heterocycles. The van der Waals surface area contributed by atoms with Gasteiger partial charge in [-0.1, -0.05) is 245 Å². The minimum Gasteiger partial charge on any atom is -0.457 e. The third-order valence-corrected chi connectivity index (χ3v) is 12.5. The Morgan fingerprint density at radius 2 is 0.763 bits per heavy atom. The van der Waals surface area contributed by atoms with Gasteiger partial charge in [0.1, 0.15) is 12.2 Å². The molecule has 354 valence electrons. The maximum absolute atomic E-state index is 12.7. The van der Waals surface area contributed by atoms with Crippen LogP contribution in [0.5, 0.6) is 0 Å². The zero-order valence-corrected chi connectivity index (χ0v) is 39.9. The number of ether oxygens (including phenoxy) is 2. The van der Waals surface area contributed by atoms with E-state index < -0.39 is 33.2 Å². The highest BCUT2D eigenvalue weighted by Crippen LogP contribution is 2.43. The van der Waals surface area contributed by atoms with Crippen molar-refractivity contribution in [3.8, 4) is 0 Å². The minimum atomic E-state index is -4.51. The van der Waals surface area contributed by atoms with Gasteiger partial charge in [0.15, 0.2) is 0 Å². The predicted molar refractivity (Wildman–Crippen MR) is 247 cm³/mol. The van der Waals surface area contributed by atoms with Gasteiger partial charge in [0.25, 0.3) is 0 Å². The van der Waals surface area contributed by atoms with E-state index in [1.807, 2.05) is 0 Å². The second kappa shape index (κ2) is 47.0. The van der Waals surface area contributed by atoms with Crippen LogP contribution in [0.1, 0.15) is 264 Å². The summed E-state index contributed by atoms with van der Waals surface area (Å²) in [5, 5.41) is 18.4. The first-order valence-electron chi connectivity index (χ1n) is 25.5. The maximum Gasteiger partial charge on any atom is 0.472 e. The number of aliphatic hydroxyl groups excluding tert-OH is 2. The standard InChI is InChI=1S/C49H99O9P/c1-3-5-7-9-11-13-15-17-19-21-23-24-25-27-29-31-33-35-37-39-41-49(52)58-48(46-57-59(53,54)56-44-47(51)43-50)45-55-42-40-38-36-34-32-30-28-26-22-20-18-16-14-12-10-8-6-4-2/h47-48,50-51H,3-46H2,1-2H3,(H,53,54). The molecule has 0 saturated carbocycles. The second-order valence-electron chi connectivity index (χ2n) is 17.6. The van der Waals surface area contributed by atoms with Crippen molar-refractivity contribution in [3.63, 3.8) is 0 Å². The summed E-state index contributed by atoms with van der Waals surface area (Å²) in [7, 11) is -4.51. The first kappa shape index (κ1) is 58.5. The Morgan fingerprint density at radius 1 is 0.458 bits per heavy atom. The Hall–Kier alpha value is -0.540. The van der Waals surface area contributed by atoms with Crippen LogP contribution in [-0.4, -0.2) is 66.3 Å². The number of phosphoric ester groups is 1. The predicted octanol–water partition coefficient (Wildman–Crippen LogP) is 14.7. The van der Waals surface area contributed by atoms with Crippen LogP contribution in [-0.2, 0) is 27.9 Å². The van der Waals surface area contributed by atoms with Gasteiger partial charge >= 0.3 is 13.8 Å². The van der Waals surface area contributed by atoms with Gasteiger partial charge in [-0.25, -0.2) is 4.57 Å². The lowest BCUT2D eigenvalue weighted by Gasteiger charge is -2.20. The van der Waals surface area contributed by atoms with E-state index in [1.54, 1.807) is 0 Å². The Balaban J connectivity index is 4.02. The quantitative estimate of drug-likeness (QED) is 0.0311. The fourth-order valence-corrected chi connectivity index (χ4v) is 8.44. The van der Waals surface area contributed by atoms with Crippen LogP contribution < -0.4 is 0 Å². The second-order valence-corrected chi connectivity index (χ2v) is 19.0. The molecule has 0 fully saturated rings. The van der Waals surface area contributed by atoms with Gasteiger partial charge in [-0.2, -0.15) is 0 Å². The first-order valence-corrected chi connectivity index (χ1v) is 27.0. The molecule has 3 atom stereocenters. The molecule has 0 aliphatic heterocycles. The van der Waals surface area contributed by atoms with Crippen LogP contribution in [0.25, 0.3) is 0 Å². The third kappa shape index (κ3) is 46.8. The fraction of sp³-hybridized carbons (Fsp3) is 0.980. The number of hydrogen-bond donors (Lipinski definition) is 3. The molecule has 0 heterocycles. The SMILES string of the molecule is CCCCCCCCCCCCCCCCCCCCCCC(=O)OC(COCCCCCCCCCCCCCCCCCCCC)COP(=O)(O)OCC(O)CO. The number of hydrogen-bond acceptors (Lipinski definition) is 8. The van der Waals surface area contributed by atoms with Gasteiger partial charge in [0.2, 0.25) is 0 Å². The molecule has 0 aliphatic rings. The van der Waals surface area contributed by atoms with Gasteiger partial charge in [-0.15, -0.1) is 0 Å². The lowest BCUT2D eigenvalue weighted by Crippen LogP contribution is -2.29. The van der Waals surface area contributed by atoms with Crippen LogP contribution >= 0.6 is 7.82 Å². The molecule has 9 nitrogen and oxygen atoms in total. The van der Waals surface area contributed by atoms with E-state index in [2.05, 4.69) is 13.8 Å². The van der Waals surface area contributed by atoms with Gasteiger partial charge in [0.05, 0.1) is 26.4 Å². The van der Waals surface area contributed by atoms with Gasteiger partial charge in [-0.3, -0.25) is 13.8 Å². The number of aliphatic hydroxyl groups is 2. The average molecular weight is 863 g/mol. The largest absolute Gasteiger partial charge is 0.472 e. The van der Waals surface area contributed by atoms with Crippen LogP contribution in [0.4, 0.5) is 0 Å². The number of carbonyl (C=O) groups is 1. The van der Waals surface area contributed by atoms with Crippen molar-refractivity contribution in [2.45, 2.75) is 276 Å². The highest BCUT2D eigenvalue weighted by atomic mass is 31.2. The third-order valence-electron chi connectivity index (χ3n) is 11.5. The van der Waals surface area contributed by atoms with Crippen molar-refractivity contribution in [1.82, 2.24) is 0 Å². The van der Waals surface area contributed by atoms with Crippen molar-refractivity contribution >= 4 is 13.8 Å². The van der Waals surface area contributed by atoms with Crippen molar-refractivity contribution in [2.75, 3.05) is 33.0 Å². The maximum atomic E-state index is 12.7. The van der Waals surface area contributed by atoms with Crippen LogP contribution in [0.2, 0.25) is 0 Å². The number of carbonyl (C=O) groups excluding carboxylic acids is 1. The number of phosphoric acid groups is 1. The van der Waals surface area contributed by atoms with E-state index >= 15 is 0 Å². The Morgan fingerprint density at radius 3 is 1.10 bits per heavy atom. The van der Waals surface area contributed by atoms with Gasteiger partial charge < -0.3 is 24.6 Å². The summed E-state index contributed by atoms with van der Waals surface area (Å²) in [6, 6.07) is 0. The molecule has 3 N–H and O–H groups in total. The molecule has 0 spiro atoms. The topological polar surface area (TPSA) is 132 Å². The monoisotopic (exact) mass is 863 g/mol. The van der Waals surface area contributed by atoms with Crippen LogP contribution in [0.3, 0.4) is 0 Å². The Labute approximate surface area is 365 Å². The molecule has 0 aromatic heterocycles. The molecule has 0 radical (unpaired) electrons. The summed E-state index contributed by atoms with van der Waals surface area (Å²) in [4.78, 5) is 22.7. The van der Waals surface area contributed by atoms with E-state index in [0.717, 1.165) is 32.1 Å². The number of unbranched alkanes of at least 4 members (excludes halogenated alkanes) is 36. The average Bonchev–Trinajstić information content (AvgIpc) is 3.23.